The topological polar surface area (TPSA) is 43.4 Å². The molecule has 0 saturated heterocycles. The molecule has 1 aromatic heterocycles. The van der Waals surface area contributed by atoms with E-state index in [0.29, 0.717) is 19.8 Å². The molecule has 5 heteroatoms. The summed E-state index contributed by atoms with van der Waals surface area (Å²) in [6.45, 7) is 5.86. The summed E-state index contributed by atoms with van der Waals surface area (Å²) in [6.07, 6.45) is 1.58. The Morgan fingerprint density at radius 3 is 2.62 bits per heavy atom. The van der Waals surface area contributed by atoms with Crippen molar-refractivity contribution in [3.8, 4) is 0 Å². The summed E-state index contributed by atoms with van der Waals surface area (Å²) < 4.78 is 14.0. The van der Waals surface area contributed by atoms with E-state index in [1.165, 1.54) is 11.9 Å². The van der Waals surface area contributed by atoms with E-state index in [0.717, 1.165) is 5.03 Å². The second kappa shape index (κ2) is 8.52. The van der Waals surface area contributed by atoms with E-state index < -0.39 is 0 Å². The van der Waals surface area contributed by atoms with E-state index in [1.807, 2.05) is 32.0 Å². The Kier molecular flexibility index (Phi) is 7.16. The van der Waals surface area contributed by atoms with E-state index in [-0.39, 0.29) is 6.29 Å². The van der Waals surface area contributed by atoms with Crippen molar-refractivity contribution in [3.05, 3.63) is 24.4 Å². The summed E-state index contributed by atoms with van der Waals surface area (Å²) in [5.41, 5.74) is 0. The Morgan fingerprint density at radius 2 is 2.06 bits per heavy atom. The Hall–Kier alpha value is -0.620. The second-order valence-electron chi connectivity index (χ2n) is 2.96. The molecule has 4 nitrogen and oxygen atoms in total. The summed E-state index contributed by atoms with van der Waals surface area (Å²) >= 11 is 1.48. The quantitative estimate of drug-likeness (QED) is 0.558. The van der Waals surface area contributed by atoms with E-state index >= 15 is 0 Å². The Morgan fingerprint density at radius 1 is 1.31 bits per heavy atom. The number of ether oxygens (including phenoxy) is 2. The molecular weight excluding hydrogens is 224 g/mol. The zero-order valence-corrected chi connectivity index (χ0v) is 10.5. The van der Waals surface area contributed by atoms with Crippen LogP contribution >= 0.6 is 11.9 Å². The van der Waals surface area contributed by atoms with Crippen LogP contribution in [0.5, 0.6) is 0 Å². The standard InChI is InChI=1S/C11H18N2O2S/c1-3-14-11(15-4-2)9-13-16-10-7-5-6-8-12-10/h5-8,11,13H,3-4,9H2,1-2H3. The number of hydrogen-bond acceptors (Lipinski definition) is 5. The summed E-state index contributed by atoms with van der Waals surface area (Å²) in [5, 5.41) is 0.939. The predicted molar refractivity (Wildman–Crippen MR) is 65.1 cm³/mol. The lowest BCUT2D eigenvalue weighted by Gasteiger charge is -2.16. The highest BCUT2D eigenvalue weighted by Crippen LogP contribution is 2.09. The summed E-state index contributed by atoms with van der Waals surface area (Å²) in [4.78, 5) is 4.19. The lowest BCUT2D eigenvalue weighted by molar-refractivity contribution is -0.130. The van der Waals surface area contributed by atoms with Gasteiger partial charge in [-0.25, -0.2) is 4.98 Å². The van der Waals surface area contributed by atoms with Gasteiger partial charge in [0.25, 0.3) is 0 Å². The van der Waals surface area contributed by atoms with Gasteiger partial charge in [0.05, 0.1) is 6.54 Å². The molecule has 0 aliphatic carbocycles. The van der Waals surface area contributed by atoms with Crippen LogP contribution in [0.1, 0.15) is 13.8 Å². The van der Waals surface area contributed by atoms with E-state index in [1.54, 1.807) is 6.20 Å². The molecule has 0 spiro atoms. The number of nitrogens with one attached hydrogen (secondary N) is 1. The molecule has 0 aromatic carbocycles. The molecule has 0 unspecified atom stereocenters. The molecule has 0 amide bonds. The van der Waals surface area contributed by atoms with Gasteiger partial charge in [0, 0.05) is 19.4 Å². The molecule has 0 atom stereocenters. The van der Waals surface area contributed by atoms with Gasteiger partial charge >= 0.3 is 0 Å². The minimum Gasteiger partial charge on any atom is -0.352 e. The third-order valence-electron chi connectivity index (χ3n) is 1.77. The predicted octanol–water partition coefficient (Wildman–Crippen LogP) is 2.08. The number of hydrogen-bond donors (Lipinski definition) is 1. The number of pyridine rings is 1. The highest BCUT2D eigenvalue weighted by molar-refractivity contribution is 7.97. The normalized spacial score (nSPS) is 10.9. The first-order chi connectivity index (χ1) is 7.86. The molecular formula is C11H18N2O2S. The third kappa shape index (κ3) is 5.46. The van der Waals surface area contributed by atoms with Crippen molar-refractivity contribution >= 4 is 11.9 Å². The average molecular weight is 242 g/mol. The first kappa shape index (κ1) is 13.4. The molecule has 1 heterocycles. The van der Waals surface area contributed by atoms with Crippen molar-refractivity contribution < 1.29 is 9.47 Å². The summed E-state index contributed by atoms with van der Waals surface area (Å²) in [7, 11) is 0. The van der Waals surface area contributed by atoms with E-state index in [2.05, 4.69) is 9.71 Å². The fourth-order valence-corrected chi connectivity index (χ4v) is 1.76. The van der Waals surface area contributed by atoms with Crippen LogP contribution < -0.4 is 4.72 Å². The molecule has 0 aliphatic heterocycles. The third-order valence-corrected chi connectivity index (χ3v) is 2.53. The molecule has 1 aromatic rings. The molecule has 0 fully saturated rings. The maximum atomic E-state index is 5.40. The van der Waals surface area contributed by atoms with Gasteiger partial charge in [-0.1, -0.05) is 6.07 Å². The monoisotopic (exact) mass is 242 g/mol. The van der Waals surface area contributed by atoms with Gasteiger partial charge in [-0.3, -0.25) is 4.72 Å². The number of rotatable bonds is 8. The second-order valence-corrected chi connectivity index (χ2v) is 3.87. The van der Waals surface area contributed by atoms with Gasteiger partial charge in [0.1, 0.15) is 5.03 Å². The van der Waals surface area contributed by atoms with Crippen LogP contribution in [0.2, 0.25) is 0 Å². The van der Waals surface area contributed by atoms with Gasteiger partial charge in [-0.15, -0.1) is 0 Å². The summed E-state index contributed by atoms with van der Waals surface area (Å²) in [6, 6.07) is 5.81. The van der Waals surface area contributed by atoms with E-state index in [4.69, 9.17) is 9.47 Å². The van der Waals surface area contributed by atoms with Gasteiger partial charge in [-0.2, -0.15) is 0 Å². The van der Waals surface area contributed by atoms with Crippen molar-refractivity contribution in [2.45, 2.75) is 25.2 Å². The minimum absolute atomic E-state index is 0.189. The smallest absolute Gasteiger partial charge is 0.170 e. The highest BCUT2D eigenvalue weighted by atomic mass is 32.2. The number of aromatic nitrogens is 1. The van der Waals surface area contributed by atoms with Crippen LogP contribution in [0.15, 0.2) is 29.4 Å². The molecule has 0 aliphatic rings. The lowest BCUT2D eigenvalue weighted by Crippen LogP contribution is -2.28. The Bertz CT molecular complexity index is 266. The minimum atomic E-state index is -0.189. The fourth-order valence-electron chi connectivity index (χ4n) is 1.13. The Balaban J connectivity index is 2.22. The molecule has 90 valence electrons. The molecule has 0 radical (unpaired) electrons. The van der Waals surface area contributed by atoms with Gasteiger partial charge < -0.3 is 9.47 Å². The molecule has 1 N–H and O–H groups in total. The van der Waals surface area contributed by atoms with Crippen molar-refractivity contribution in [2.75, 3.05) is 19.8 Å². The van der Waals surface area contributed by atoms with Gasteiger partial charge in [0.2, 0.25) is 0 Å². The van der Waals surface area contributed by atoms with Crippen LogP contribution in [0.4, 0.5) is 0 Å². The van der Waals surface area contributed by atoms with Crippen molar-refractivity contribution in [2.24, 2.45) is 0 Å². The van der Waals surface area contributed by atoms with Crippen LogP contribution in [0.25, 0.3) is 0 Å². The maximum absolute atomic E-state index is 5.40. The van der Waals surface area contributed by atoms with Crippen LogP contribution in [0, 0.1) is 0 Å². The zero-order chi connectivity index (χ0) is 11.6. The van der Waals surface area contributed by atoms with Crippen LogP contribution in [-0.4, -0.2) is 31.0 Å². The molecule has 0 saturated carbocycles. The summed E-state index contributed by atoms with van der Waals surface area (Å²) in [5.74, 6) is 0. The molecule has 1 rings (SSSR count). The zero-order valence-electron chi connectivity index (χ0n) is 9.68. The van der Waals surface area contributed by atoms with Gasteiger partial charge in [0.15, 0.2) is 6.29 Å². The number of nitrogens with zero attached hydrogens (tertiary/aromatic N) is 1. The molecule has 0 bridgehead atoms. The van der Waals surface area contributed by atoms with Crippen molar-refractivity contribution in [3.63, 3.8) is 0 Å². The van der Waals surface area contributed by atoms with Crippen molar-refractivity contribution in [1.82, 2.24) is 9.71 Å². The first-order valence-electron chi connectivity index (χ1n) is 5.40. The average Bonchev–Trinajstić information content (AvgIpc) is 2.31. The van der Waals surface area contributed by atoms with Crippen LogP contribution in [-0.2, 0) is 9.47 Å². The maximum Gasteiger partial charge on any atom is 0.170 e. The fraction of sp³-hybridized carbons (Fsp3) is 0.545. The van der Waals surface area contributed by atoms with Crippen molar-refractivity contribution in [1.29, 1.82) is 0 Å². The Labute approximate surface area is 101 Å². The van der Waals surface area contributed by atoms with Gasteiger partial charge in [-0.05, 0) is 37.9 Å². The highest BCUT2D eigenvalue weighted by Gasteiger charge is 2.07. The first-order valence-corrected chi connectivity index (χ1v) is 6.22. The largest absolute Gasteiger partial charge is 0.352 e. The lowest BCUT2D eigenvalue weighted by atomic mass is 10.5. The van der Waals surface area contributed by atoms with Crippen LogP contribution in [0.3, 0.4) is 0 Å². The van der Waals surface area contributed by atoms with E-state index in [9.17, 15) is 0 Å². The SMILES string of the molecule is CCOC(CNSc1ccccn1)OCC. The molecule has 16 heavy (non-hydrogen) atoms.